The van der Waals surface area contributed by atoms with Crippen molar-refractivity contribution in [2.45, 2.75) is 38.8 Å². The molecular formula is C19H21BrFNO2. The molecule has 0 spiro atoms. The Bertz CT molecular complexity index is 678. The van der Waals surface area contributed by atoms with E-state index in [1.54, 1.807) is 6.92 Å². The zero-order valence-electron chi connectivity index (χ0n) is 13.8. The van der Waals surface area contributed by atoms with Crippen LogP contribution in [0.15, 0.2) is 53.0 Å². The number of rotatable bonds is 7. The van der Waals surface area contributed by atoms with E-state index in [4.69, 9.17) is 4.74 Å². The molecule has 0 saturated carbocycles. The number of carbonyl (C=O) groups excluding carboxylic acids is 1. The van der Waals surface area contributed by atoms with Gasteiger partial charge in [-0.15, -0.1) is 0 Å². The third-order valence-electron chi connectivity index (χ3n) is 3.66. The summed E-state index contributed by atoms with van der Waals surface area (Å²) in [6.45, 7) is 3.65. The lowest BCUT2D eigenvalue weighted by Gasteiger charge is -2.19. The number of amides is 1. The monoisotopic (exact) mass is 393 g/mol. The van der Waals surface area contributed by atoms with Crippen molar-refractivity contribution in [2.24, 2.45) is 0 Å². The quantitative estimate of drug-likeness (QED) is 0.752. The van der Waals surface area contributed by atoms with Gasteiger partial charge in [0.25, 0.3) is 5.91 Å². The number of benzene rings is 2. The second-order valence-electron chi connectivity index (χ2n) is 5.77. The molecule has 0 fully saturated rings. The van der Waals surface area contributed by atoms with Gasteiger partial charge in [0.2, 0.25) is 0 Å². The highest BCUT2D eigenvalue weighted by Crippen LogP contribution is 2.26. The Hall–Kier alpha value is -1.88. The van der Waals surface area contributed by atoms with Crippen LogP contribution in [0, 0.1) is 5.82 Å². The summed E-state index contributed by atoms with van der Waals surface area (Å²) in [5, 5.41) is 2.95. The number of nitrogens with one attached hydrogen (secondary N) is 1. The summed E-state index contributed by atoms with van der Waals surface area (Å²) in [5.41, 5.74) is 1.25. The van der Waals surface area contributed by atoms with Gasteiger partial charge in [-0.05, 0) is 66.4 Å². The van der Waals surface area contributed by atoms with Crippen molar-refractivity contribution in [1.82, 2.24) is 5.32 Å². The molecule has 0 aliphatic heterocycles. The molecule has 3 nitrogen and oxygen atoms in total. The molecular weight excluding hydrogens is 373 g/mol. The topological polar surface area (TPSA) is 38.3 Å². The average molecular weight is 394 g/mol. The van der Waals surface area contributed by atoms with Gasteiger partial charge in [-0.2, -0.15) is 0 Å². The zero-order chi connectivity index (χ0) is 17.5. The van der Waals surface area contributed by atoms with Gasteiger partial charge in [0.05, 0.1) is 4.47 Å². The first-order chi connectivity index (χ1) is 11.5. The largest absolute Gasteiger partial charge is 0.480 e. The van der Waals surface area contributed by atoms with Gasteiger partial charge in [0.15, 0.2) is 6.10 Å². The van der Waals surface area contributed by atoms with Crippen LogP contribution in [0.2, 0.25) is 0 Å². The van der Waals surface area contributed by atoms with E-state index in [1.807, 2.05) is 25.1 Å². The van der Waals surface area contributed by atoms with Crippen molar-refractivity contribution < 1.29 is 13.9 Å². The third kappa shape index (κ3) is 5.64. The maximum Gasteiger partial charge on any atom is 0.260 e. The van der Waals surface area contributed by atoms with Crippen molar-refractivity contribution in [2.75, 3.05) is 0 Å². The van der Waals surface area contributed by atoms with Gasteiger partial charge in [0.1, 0.15) is 11.6 Å². The molecule has 128 valence electrons. The van der Waals surface area contributed by atoms with Gasteiger partial charge in [-0.25, -0.2) is 4.39 Å². The number of aryl methyl sites for hydroxylation is 1. The van der Waals surface area contributed by atoms with E-state index in [0.717, 1.165) is 12.8 Å². The second-order valence-corrected chi connectivity index (χ2v) is 6.62. The Labute approximate surface area is 150 Å². The van der Waals surface area contributed by atoms with Crippen molar-refractivity contribution >= 4 is 21.8 Å². The van der Waals surface area contributed by atoms with Crippen LogP contribution in [0.25, 0.3) is 0 Å². The lowest BCUT2D eigenvalue weighted by molar-refractivity contribution is -0.127. The van der Waals surface area contributed by atoms with Crippen molar-refractivity contribution in [3.63, 3.8) is 0 Å². The van der Waals surface area contributed by atoms with E-state index in [1.165, 1.54) is 23.8 Å². The normalized spacial score (nSPS) is 13.2. The fourth-order valence-corrected chi connectivity index (χ4v) is 2.72. The lowest BCUT2D eigenvalue weighted by atomic mass is 10.1. The molecule has 2 unspecified atom stereocenters. The van der Waals surface area contributed by atoms with Crippen LogP contribution in [0.5, 0.6) is 5.75 Å². The highest BCUT2D eigenvalue weighted by molar-refractivity contribution is 9.10. The summed E-state index contributed by atoms with van der Waals surface area (Å²) in [4.78, 5) is 12.2. The Kier molecular flexibility index (Phi) is 6.79. The van der Waals surface area contributed by atoms with Crippen LogP contribution in [0.4, 0.5) is 4.39 Å². The minimum absolute atomic E-state index is 0.0421. The van der Waals surface area contributed by atoms with Gasteiger partial charge in [-0.1, -0.05) is 30.3 Å². The van der Waals surface area contributed by atoms with Crippen molar-refractivity contribution in [1.29, 1.82) is 0 Å². The van der Waals surface area contributed by atoms with E-state index in [2.05, 4.69) is 33.4 Å². The highest BCUT2D eigenvalue weighted by atomic mass is 79.9. The molecule has 5 heteroatoms. The minimum atomic E-state index is -0.661. The Morgan fingerprint density at radius 2 is 1.92 bits per heavy atom. The second kappa shape index (κ2) is 8.83. The Morgan fingerprint density at radius 1 is 1.21 bits per heavy atom. The maximum absolute atomic E-state index is 13.1. The first kappa shape index (κ1) is 18.5. The Morgan fingerprint density at radius 3 is 2.58 bits per heavy atom. The van der Waals surface area contributed by atoms with Gasteiger partial charge in [-0.3, -0.25) is 4.79 Å². The molecule has 1 N–H and O–H groups in total. The maximum atomic E-state index is 13.1. The first-order valence-corrected chi connectivity index (χ1v) is 8.71. The standard InChI is InChI=1S/C19H21BrFNO2/c1-13(8-9-15-6-4-3-5-7-15)22-19(23)14(2)24-18-11-10-16(21)12-17(18)20/h3-7,10-14H,8-9H2,1-2H3,(H,22,23). The van der Waals surface area contributed by atoms with Crippen LogP contribution in [0.3, 0.4) is 0 Å². The molecule has 0 aromatic heterocycles. The Balaban J connectivity index is 1.82. The molecule has 2 aromatic carbocycles. The zero-order valence-corrected chi connectivity index (χ0v) is 15.3. The van der Waals surface area contributed by atoms with Gasteiger partial charge < -0.3 is 10.1 Å². The summed E-state index contributed by atoms with van der Waals surface area (Å²) in [7, 11) is 0. The van der Waals surface area contributed by atoms with Crippen LogP contribution < -0.4 is 10.1 Å². The number of carbonyl (C=O) groups is 1. The molecule has 0 bridgehead atoms. The fourth-order valence-electron chi connectivity index (χ4n) is 2.27. The minimum Gasteiger partial charge on any atom is -0.480 e. The van der Waals surface area contributed by atoms with E-state index < -0.39 is 6.10 Å². The molecule has 0 aliphatic rings. The molecule has 2 aromatic rings. The van der Waals surface area contributed by atoms with Crippen molar-refractivity contribution in [3.05, 3.63) is 64.4 Å². The molecule has 2 atom stereocenters. The third-order valence-corrected chi connectivity index (χ3v) is 4.28. The van der Waals surface area contributed by atoms with Crippen LogP contribution in [-0.2, 0) is 11.2 Å². The summed E-state index contributed by atoms with van der Waals surface area (Å²) in [6.07, 6.45) is 1.09. The van der Waals surface area contributed by atoms with E-state index in [9.17, 15) is 9.18 Å². The molecule has 1 amide bonds. The number of ether oxygens (including phenoxy) is 1. The number of halogens is 2. The van der Waals surface area contributed by atoms with Crippen LogP contribution >= 0.6 is 15.9 Å². The average Bonchev–Trinajstić information content (AvgIpc) is 2.56. The highest BCUT2D eigenvalue weighted by Gasteiger charge is 2.18. The molecule has 2 rings (SSSR count). The van der Waals surface area contributed by atoms with Crippen molar-refractivity contribution in [3.8, 4) is 5.75 Å². The number of hydrogen-bond acceptors (Lipinski definition) is 2. The molecule has 0 aliphatic carbocycles. The summed E-state index contributed by atoms with van der Waals surface area (Å²) < 4.78 is 19.2. The molecule has 0 saturated heterocycles. The molecule has 0 heterocycles. The fraction of sp³-hybridized carbons (Fsp3) is 0.316. The van der Waals surface area contributed by atoms with Gasteiger partial charge >= 0.3 is 0 Å². The first-order valence-electron chi connectivity index (χ1n) is 7.91. The van der Waals surface area contributed by atoms with Crippen LogP contribution in [-0.4, -0.2) is 18.1 Å². The summed E-state index contributed by atoms with van der Waals surface area (Å²) >= 11 is 3.23. The summed E-state index contributed by atoms with van der Waals surface area (Å²) in [6, 6.07) is 14.3. The molecule has 0 radical (unpaired) electrons. The van der Waals surface area contributed by atoms with E-state index in [0.29, 0.717) is 10.2 Å². The lowest BCUT2D eigenvalue weighted by Crippen LogP contribution is -2.41. The van der Waals surface area contributed by atoms with Crippen LogP contribution in [0.1, 0.15) is 25.8 Å². The SMILES string of the molecule is CC(CCc1ccccc1)NC(=O)C(C)Oc1ccc(F)cc1Br. The molecule has 24 heavy (non-hydrogen) atoms. The predicted molar refractivity (Wildman–Crippen MR) is 96.6 cm³/mol. The van der Waals surface area contributed by atoms with Gasteiger partial charge in [0, 0.05) is 6.04 Å². The van der Waals surface area contributed by atoms with E-state index >= 15 is 0 Å². The number of hydrogen-bond donors (Lipinski definition) is 1. The smallest absolute Gasteiger partial charge is 0.260 e. The van der Waals surface area contributed by atoms with E-state index in [-0.39, 0.29) is 17.8 Å². The predicted octanol–water partition coefficient (Wildman–Crippen LogP) is 4.49. The summed E-state index contributed by atoms with van der Waals surface area (Å²) in [5.74, 6) is -0.108.